The Morgan fingerprint density at radius 2 is 1.77 bits per heavy atom. The summed E-state index contributed by atoms with van der Waals surface area (Å²) in [4.78, 5) is 33.5. The quantitative estimate of drug-likeness (QED) is 0.0882. The van der Waals surface area contributed by atoms with Gasteiger partial charge in [0.05, 0.1) is 30.2 Å². The largest absolute Gasteiger partial charge is 0.497 e. The molecule has 0 saturated heterocycles. The van der Waals surface area contributed by atoms with Gasteiger partial charge in [-0.15, -0.1) is 11.3 Å². The average Bonchev–Trinajstić information content (AvgIpc) is 3.43. The van der Waals surface area contributed by atoms with Crippen LogP contribution >= 0.6 is 23.1 Å². The van der Waals surface area contributed by atoms with Gasteiger partial charge in [0, 0.05) is 4.88 Å². The number of methoxy groups -OCH3 is 1. The smallest absolute Gasteiger partial charge is 0.267 e. The van der Waals surface area contributed by atoms with Gasteiger partial charge in [-0.05, 0) is 90.9 Å². The van der Waals surface area contributed by atoms with Crippen LogP contribution in [-0.2, 0) is 24.2 Å². The van der Waals surface area contributed by atoms with E-state index in [-0.39, 0.29) is 17.2 Å². The molecule has 1 amide bonds. The van der Waals surface area contributed by atoms with Gasteiger partial charge >= 0.3 is 0 Å². The number of fused-ring (bicyclic) bond motifs is 3. The maximum Gasteiger partial charge on any atom is 0.267 e. The summed E-state index contributed by atoms with van der Waals surface area (Å²) in [6.45, 7) is 0.491. The number of carbonyl (C=O) groups is 1. The second-order valence-corrected chi connectivity index (χ2v) is 12.1. The number of hydrogen-bond donors (Lipinski definition) is 1. The zero-order chi connectivity index (χ0) is 29.6. The summed E-state index contributed by atoms with van der Waals surface area (Å²) in [5.41, 5.74) is 6.20. The predicted octanol–water partition coefficient (Wildman–Crippen LogP) is 6.16. The van der Waals surface area contributed by atoms with Crippen LogP contribution in [0.5, 0.6) is 11.5 Å². The lowest BCUT2D eigenvalue weighted by Gasteiger charge is -2.14. The molecular formula is C33H30N4O4S2. The molecule has 3 aromatic carbocycles. The summed E-state index contributed by atoms with van der Waals surface area (Å²) in [5, 5.41) is 5.27. The molecule has 0 bridgehead atoms. The number of nitrogens with zero attached hydrogens (tertiary/aromatic N) is 3. The van der Waals surface area contributed by atoms with Gasteiger partial charge in [-0.3, -0.25) is 14.2 Å². The third-order valence-electron chi connectivity index (χ3n) is 7.15. The molecule has 0 aliphatic heterocycles. The van der Waals surface area contributed by atoms with Gasteiger partial charge in [0.2, 0.25) is 0 Å². The Morgan fingerprint density at radius 3 is 2.53 bits per heavy atom. The number of hydrogen-bond acceptors (Lipinski definition) is 8. The van der Waals surface area contributed by atoms with Crippen molar-refractivity contribution in [2.24, 2.45) is 5.10 Å². The van der Waals surface area contributed by atoms with Gasteiger partial charge in [0.15, 0.2) is 5.16 Å². The van der Waals surface area contributed by atoms with Crippen molar-refractivity contribution in [3.8, 4) is 17.2 Å². The number of ether oxygens (including phenoxy) is 2. The number of hydrazone groups is 1. The molecule has 218 valence electrons. The van der Waals surface area contributed by atoms with E-state index in [0.29, 0.717) is 28.6 Å². The van der Waals surface area contributed by atoms with Crippen molar-refractivity contribution < 1.29 is 14.3 Å². The zero-order valence-corrected chi connectivity index (χ0v) is 25.2. The average molecular weight is 611 g/mol. The van der Waals surface area contributed by atoms with Crippen molar-refractivity contribution in [3.05, 3.63) is 111 Å². The standard InChI is InChI=1S/C33H30N4O4S2/c1-40-25-17-13-24(14-18-25)37-32(39)30-27-9-5-6-10-28(27)43-31(30)35-33(37)42-21-29(38)36-34-19-22-11-15-26(16-12-22)41-20-23-7-3-2-4-8-23/h2-4,7-8,11-19H,5-6,9-10,20-21H2,1H3,(H,36,38). The fourth-order valence-corrected chi connectivity index (χ4v) is 7.08. The molecule has 0 radical (unpaired) electrons. The molecule has 1 N–H and O–H groups in total. The minimum atomic E-state index is -0.301. The number of rotatable bonds is 10. The molecular weight excluding hydrogens is 581 g/mol. The normalized spacial score (nSPS) is 12.8. The van der Waals surface area contributed by atoms with Gasteiger partial charge in [0.1, 0.15) is 22.9 Å². The van der Waals surface area contributed by atoms with E-state index in [1.54, 1.807) is 29.2 Å². The SMILES string of the molecule is COc1ccc(-n2c(SCC(=O)NN=Cc3ccc(OCc4ccccc4)cc3)nc3sc4c(c3c2=O)CCCC4)cc1. The van der Waals surface area contributed by atoms with E-state index in [9.17, 15) is 9.59 Å². The summed E-state index contributed by atoms with van der Waals surface area (Å²) >= 11 is 2.81. The molecule has 0 atom stereocenters. The van der Waals surface area contributed by atoms with E-state index in [4.69, 9.17) is 14.5 Å². The molecule has 8 nitrogen and oxygen atoms in total. The highest BCUT2D eigenvalue weighted by molar-refractivity contribution is 7.99. The van der Waals surface area contributed by atoms with Crippen LogP contribution in [0.2, 0.25) is 0 Å². The highest BCUT2D eigenvalue weighted by Crippen LogP contribution is 2.35. The van der Waals surface area contributed by atoms with E-state index >= 15 is 0 Å². The molecule has 0 saturated carbocycles. The lowest BCUT2D eigenvalue weighted by molar-refractivity contribution is -0.118. The monoisotopic (exact) mass is 610 g/mol. The van der Waals surface area contributed by atoms with E-state index in [1.807, 2.05) is 78.9 Å². The predicted molar refractivity (Wildman–Crippen MR) is 172 cm³/mol. The zero-order valence-electron chi connectivity index (χ0n) is 23.6. The van der Waals surface area contributed by atoms with Crippen LogP contribution in [0.25, 0.3) is 15.9 Å². The Hall–Kier alpha value is -4.41. The van der Waals surface area contributed by atoms with Crippen LogP contribution in [0.1, 0.15) is 34.4 Å². The third-order valence-corrected chi connectivity index (χ3v) is 9.28. The van der Waals surface area contributed by atoms with Crippen LogP contribution in [-0.4, -0.2) is 34.5 Å². The van der Waals surface area contributed by atoms with Crippen molar-refractivity contribution in [2.75, 3.05) is 12.9 Å². The van der Waals surface area contributed by atoms with Crippen molar-refractivity contribution in [1.82, 2.24) is 15.0 Å². The van der Waals surface area contributed by atoms with Gasteiger partial charge in [-0.2, -0.15) is 5.10 Å². The number of nitrogens with one attached hydrogen (secondary N) is 1. The molecule has 1 aliphatic carbocycles. The molecule has 10 heteroatoms. The van der Waals surface area contributed by atoms with Crippen molar-refractivity contribution >= 4 is 45.4 Å². The molecule has 1 aliphatic rings. The van der Waals surface area contributed by atoms with Crippen molar-refractivity contribution in [1.29, 1.82) is 0 Å². The summed E-state index contributed by atoms with van der Waals surface area (Å²) < 4.78 is 12.7. The van der Waals surface area contributed by atoms with Crippen LogP contribution in [0.3, 0.4) is 0 Å². The van der Waals surface area contributed by atoms with E-state index < -0.39 is 0 Å². The van der Waals surface area contributed by atoms with Gasteiger partial charge in [0.25, 0.3) is 11.5 Å². The van der Waals surface area contributed by atoms with Gasteiger partial charge in [-0.25, -0.2) is 10.4 Å². The number of aromatic nitrogens is 2. The Bertz CT molecular complexity index is 1820. The van der Waals surface area contributed by atoms with Crippen LogP contribution in [0.15, 0.2) is 93.9 Å². The van der Waals surface area contributed by atoms with E-state index in [0.717, 1.165) is 53.0 Å². The fraction of sp³-hybridized carbons (Fsp3) is 0.212. The second kappa shape index (κ2) is 13.3. The number of amides is 1. The molecule has 0 unspecified atom stereocenters. The van der Waals surface area contributed by atoms with Crippen LogP contribution in [0, 0.1) is 0 Å². The molecule has 2 aromatic heterocycles. The molecule has 43 heavy (non-hydrogen) atoms. The van der Waals surface area contributed by atoms with E-state index in [2.05, 4.69) is 10.5 Å². The molecule has 0 spiro atoms. The number of carbonyl (C=O) groups excluding carboxylic acids is 1. The Balaban J connectivity index is 1.14. The van der Waals surface area contributed by atoms with E-state index in [1.165, 1.54) is 16.6 Å². The number of benzene rings is 3. The van der Waals surface area contributed by atoms with Gasteiger partial charge < -0.3 is 9.47 Å². The van der Waals surface area contributed by atoms with Crippen LogP contribution in [0.4, 0.5) is 0 Å². The summed E-state index contributed by atoms with van der Waals surface area (Å²) in [6, 6.07) is 24.7. The maximum absolute atomic E-state index is 13.9. The summed E-state index contributed by atoms with van der Waals surface area (Å²) in [5.74, 6) is 1.19. The lowest BCUT2D eigenvalue weighted by Crippen LogP contribution is -2.24. The number of aryl methyl sites for hydroxylation is 2. The van der Waals surface area contributed by atoms with Gasteiger partial charge in [-0.1, -0.05) is 42.1 Å². The Kier molecular flexibility index (Phi) is 8.85. The Labute approximate surface area is 257 Å². The topological polar surface area (TPSA) is 94.8 Å². The Morgan fingerprint density at radius 1 is 1.02 bits per heavy atom. The third kappa shape index (κ3) is 6.65. The minimum absolute atomic E-state index is 0.0444. The maximum atomic E-state index is 13.9. The highest BCUT2D eigenvalue weighted by atomic mass is 32.2. The van der Waals surface area contributed by atoms with Crippen molar-refractivity contribution in [2.45, 2.75) is 37.4 Å². The first-order valence-electron chi connectivity index (χ1n) is 14.0. The first kappa shape index (κ1) is 28.7. The molecule has 6 rings (SSSR count). The summed E-state index contributed by atoms with van der Waals surface area (Å²) in [6.07, 6.45) is 5.65. The minimum Gasteiger partial charge on any atom is -0.497 e. The summed E-state index contributed by atoms with van der Waals surface area (Å²) in [7, 11) is 1.60. The number of thioether (sulfide) groups is 1. The second-order valence-electron chi connectivity index (χ2n) is 10.0. The fourth-order valence-electron chi connectivity index (χ4n) is 4.97. The first-order valence-corrected chi connectivity index (χ1v) is 15.8. The highest BCUT2D eigenvalue weighted by Gasteiger charge is 2.23. The molecule has 2 heterocycles. The first-order chi connectivity index (χ1) is 21.1. The number of thiophene rings is 1. The molecule has 0 fully saturated rings. The van der Waals surface area contributed by atoms with Crippen molar-refractivity contribution in [3.63, 3.8) is 0 Å². The lowest BCUT2D eigenvalue weighted by atomic mass is 9.97. The molecule has 5 aromatic rings. The van der Waals surface area contributed by atoms with Crippen LogP contribution < -0.4 is 20.5 Å².